The van der Waals surface area contributed by atoms with Gasteiger partial charge in [0.15, 0.2) is 0 Å². The number of ketones is 1. The van der Waals surface area contributed by atoms with E-state index in [2.05, 4.69) is 18.2 Å². The lowest BCUT2D eigenvalue weighted by Gasteiger charge is -2.19. The first-order chi connectivity index (χ1) is 7.72. The molecule has 1 saturated carbocycles. The van der Waals surface area contributed by atoms with Crippen molar-refractivity contribution >= 4 is 5.78 Å². The van der Waals surface area contributed by atoms with Gasteiger partial charge in [-0.25, -0.2) is 0 Å². The number of hydrogen-bond acceptors (Lipinski definition) is 1. The standard InChI is InChI=1S/C15H18O/c1-11(16)15(8-9-15)14-7-6-12-4-2-3-5-13(12)10-14/h6-7,10H,2-5,8-9H2,1H3. The van der Waals surface area contributed by atoms with E-state index in [1.54, 1.807) is 6.92 Å². The molecule has 1 heteroatoms. The van der Waals surface area contributed by atoms with E-state index < -0.39 is 0 Å². The molecule has 0 saturated heterocycles. The molecule has 2 aliphatic rings. The first kappa shape index (κ1) is 10.1. The van der Waals surface area contributed by atoms with Gasteiger partial charge in [-0.1, -0.05) is 18.2 Å². The van der Waals surface area contributed by atoms with Crippen molar-refractivity contribution in [1.82, 2.24) is 0 Å². The topological polar surface area (TPSA) is 17.1 Å². The second-order valence-electron chi connectivity index (χ2n) is 5.33. The van der Waals surface area contributed by atoms with Gasteiger partial charge in [0.2, 0.25) is 0 Å². The van der Waals surface area contributed by atoms with Gasteiger partial charge in [0.25, 0.3) is 0 Å². The highest BCUT2D eigenvalue weighted by molar-refractivity contribution is 5.91. The van der Waals surface area contributed by atoms with Crippen LogP contribution >= 0.6 is 0 Å². The van der Waals surface area contributed by atoms with Crippen LogP contribution in [0.2, 0.25) is 0 Å². The van der Waals surface area contributed by atoms with Gasteiger partial charge in [0, 0.05) is 0 Å². The smallest absolute Gasteiger partial charge is 0.140 e. The zero-order valence-corrected chi connectivity index (χ0v) is 9.88. The van der Waals surface area contributed by atoms with E-state index >= 15 is 0 Å². The molecule has 0 radical (unpaired) electrons. The second-order valence-corrected chi connectivity index (χ2v) is 5.33. The molecule has 2 aliphatic carbocycles. The van der Waals surface area contributed by atoms with E-state index in [4.69, 9.17) is 0 Å². The van der Waals surface area contributed by atoms with Crippen LogP contribution in [0.4, 0.5) is 0 Å². The Kier molecular flexibility index (Phi) is 2.17. The summed E-state index contributed by atoms with van der Waals surface area (Å²) in [7, 11) is 0. The number of hydrogen-bond donors (Lipinski definition) is 0. The summed E-state index contributed by atoms with van der Waals surface area (Å²) in [5.74, 6) is 0.350. The van der Waals surface area contributed by atoms with E-state index in [0.717, 1.165) is 12.8 Å². The predicted molar refractivity (Wildman–Crippen MR) is 64.7 cm³/mol. The first-order valence-corrected chi connectivity index (χ1v) is 6.36. The highest BCUT2D eigenvalue weighted by atomic mass is 16.1. The molecule has 0 aromatic heterocycles. The summed E-state index contributed by atoms with van der Waals surface area (Å²) in [4.78, 5) is 11.7. The van der Waals surface area contributed by atoms with Crippen molar-refractivity contribution in [3.63, 3.8) is 0 Å². The fraction of sp³-hybridized carbons (Fsp3) is 0.533. The third-order valence-electron chi connectivity index (χ3n) is 4.33. The maximum atomic E-state index is 11.7. The minimum Gasteiger partial charge on any atom is -0.299 e. The molecular formula is C15H18O. The molecule has 1 nitrogen and oxygen atoms in total. The Morgan fingerprint density at radius 1 is 1.12 bits per heavy atom. The van der Waals surface area contributed by atoms with E-state index in [1.165, 1.54) is 42.4 Å². The zero-order chi connectivity index (χ0) is 11.2. The number of rotatable bonds is 2. The van der Waals surface area contributed by atoms with Gasteiger partial charge in [-0.15, -0.1) is 0 Å². The largest absolute Gasteiger partial charge is 0.299 e. The Hall–Kier alpha value is -1.11. The third-order valence-corrected chi connectivity index (χ3v) is 4.33. The molecule has 3 rings (SSSR count). The van der Waals surface area contributed by atoms with Crippen LogP contribution < -0.4 is 0 Å². The van der Waals surface area contributed by atoms with Crippen LogP contribution in [0.1, 0.15) is 49.3 Å². The third kappa shape index (κ3) is 1.41. The summed E-state index contributed by atoms with van der Waals surface area (Å²) in [6, 6.07) is 6.76. The second kappa shape index (κ2) is 3.44. The molecular weight excluding hydrogens is 196 g/mol. The van der Waals surface area contributed by atoms with Crippen LogP contribution in [-0.2, 0) is 23.1 Å². The molecule has 0 amide bonds. The van der Waals surface area contributed by atoms with Crippen molar-refractivity contribution in [1.29, 1.82) is 0 Å². The van der Waals surface area contributed by atoms with E-state index in [1.807, 2.05) is 0 Å². The van der Waals surface area contributed by atoms with Crippen molar-refractivity contribution < 1.29 is 4.79 Å². The molecule has 0 bridgehead atoms. The summed E-state index contributed by atoms with van der Waals surface area (Å²) in [6.45, 7) is 1.74. The Balaban J connectivity index is 2.00. The van der Waals surface area contributed by atoms with E-state index in [9.17, 15) is 4.79 Å². The van der Waals surface area contributed by atoms with Crippen LogP contribution in [0.15, 0.2) is 18.2 Å². The van der Waals surface area contributed by atoms with Crippen molar-refractivity contribution in [2.45, 2.75) is 50.9 Å². The van der Waals surface area contributed by atoms with Gasteiger partial charge in [-0.3, -0.25) is 4.79 Å². The first-order valence-electron chi connectivity index (χ1n) is 6.36. The Morgan fingerprint density at radius 2 is 1.81 bits per heavy atom. The van der Waals surface area contributed by atoms with Gasteiger partial charge in [-0.05, 0) is 62.1 Å². The summed E-state index contributed by atoms with van der Waals surface area (Å²) in [6.07, 6.45) is 7.18. The number of carbonyl (C=O) groups excluding carboxylic acids is 1. The van der Waals surface area contributed by atoms with Crippen LogP contribution in [0.25, 0.3) is 0 Å². The minimum atomic E-state index is -0.0908. The number of aryl methyl sites for hydroxylation is 2. The van der Waals surface area contributed by atoms with Crippen molar-refractivity contribution in [3.8, 4) is 0 Å². The predicted octanol–water partition coefficient (Wildman–Crippen LogP) is 3.19. The average molecular weight is 214 g/mol. The minimum absolute atomic E-state index is 0.0908. The van der Waals surface area contributed by atoms with Crippen molar-refractivity contribution in [2.24, 2.45) is 0 Å². The molecule has 84 valence electrons. The average Bonchev–Trinajstić information content (AvgIpc) is 3.09. The van der Waals surface area contributed by atoms with Gasteiger partial charge >= 0.3 is 0 Å². The Labute approximate surface area is 96.9 Å². The lowest BCUT2D eigenvalue weighted by atomic mass is 9.85. The maximum absolute atomic E-state index is 11.7. The number of Topliss-reactive ketones (excluding diaryl/α,β-unsaturated/α-hetero) is 1. The summed E-state index contributed by atoms with van der Waals surface area (Å²) < 4.78 is 0. The summed E-state index contributed by atoms with van der Waals surface area (Å²) >= 11 is 0. The van der Waals surface area contributed by atoms with Crippen LogP contribution in [0.3, 0.4) is 0 Å². The Bertz CT molecular complexity index is 441. The van der Waals surface area contributed by atoms with Gasteiger partial charge in [-0.2, -0.15) is 0 Å². The highest BCUT2D eigenvalue weighted by Crippen LogP contribution is 2.49. The lowest BCUT2D eigenvalue weighted by Crippen LogP contribution is -2.17. The molecule has 0 unspecified atom stereocenters. The van der Waals surface area contributed by atoms with Crippen molar-refractivity contribution in [3.05, 3.63) is 34.9 Å². The number of benzene rings is 1. The maximum Gasteiger partial charge on any atom is 0.140 e. The number of fused-ring (bicyclic) bond motifs is 1. The van der Waals surface area contributed by atoms with Gasteiger partial charge in [0.05, 0.1) is 5.41 Å². The van der Waals surface area contributed by atoms with E-state index in [0.29, 0.717) is 5.78 Å². The van der Waals surface area contributed by atoms with E-state index in [-0.39, 0.29) is 5.41 Å². The zero-order valence-electron chi connectivity index (χ0n) is 9.88. The quantitative estimate of drug-likeness (QED) is 0.739. The molecule has 1 aromatic rings. The molecule has 0 spiro atoms. The molecule has 1 fully saturated rings. The van der Waals surface area contributed by atoms with Gasteiger partial charge in [0.1, 0.15) is 5.78 Å². The number of carbonyl (C=O) groups is 1. The van der Waals surface area contributed by atoms with Gasteiger partial charge < -0.3 is 0 Å². The molecule has 0 aliphatic heterocycles. The van der Waals surface area contributed by atoms with Crippen LogP contribution in [0, 0.1) is 0 Å². The van der Waals surface area contributed by atoms with Crippen LogP contribution in [0.5, 0.6) is 0 Å². The molecule has 1 aromatic carbocycles. The van der Waals surface area contributed by atoms with Crippen molar-refractivity contribution in [2.75, 3.05) is 0 Å². The normalized spacial score (nSPS) is 21.3. The van der Waals surface area contributed by atoms with Crippen LogP contribution in [-0.4, -0.2) is 5.78 Å². The SMILES string of the molecule is CC(=O)C1(c2ccc3c(c2)CCCC3)CC1. The molecule has 0 N–H and O–H groups in total. The monoisotopic (exact) mass is 214 g/mol. The molecule has 0 atom stereocenters. The summed E-state index contributed by atoms with van der Waals surface area (Å²) in [5, 5.41) is 0. The lowest BCUT2D eigenvalue weighted by molar-refractivity contribution is -0.119. The molecule has 16 heavy (non-hydrogen) atoms. The summed E-state index contributed by atoms with van der Waals surface area (Å²) in [5.41, 5.74) is 4.19. The fourth-order valence-corrected chi connectivity index (χ4v) is 3.00. The molecule has 0 heterocycles. The Morgan fingerprint density at radius 3 is 2.44 bits per heavy atom. The fourth-order valence-electron chi connectivity index (χ4n) is 3.00. The highest BCUT2D eigenvalue weighted by Gasteiger charge is 2.48.